The maximum Gasteiger partial charge on any atom is 0.339 e. The predicted molar refractivity (Wildman–Crippen MR) is 119 cm³/mol. The predicted octanol–water partition coefficient (Wildman–Crippen LogP) is 2.64. The first-order valence-electron chi connectivity index (χ1n) is 10.7. The summed E-state index contributed by atoms with van der Waals surface area (Å²) in [7, 11) is -4.03. The van der Waals surface area contributed by atoms with E-state index in [0.717, 1.165) is 37.9 Å². The molecular weight excluding hydrogens is 432 g/mol. The summed E-state index contributed by atoms with van der Waals surface area (Å²) in [5, 5.41) is 12.2. The zero-order valence-electron chi connectivity index (χ0n) is 17.3. The van der Waals surface area contributed by atoms with Crippen molar-refractivity contribution < 1.29 is 22.5 Å². The van der Waals surface area contributed by atoms with Crippen LogP contribution >= 0.6 is 0 Å². The summed E-state index contributed by atoms with van der Waals surface area (Å²) in [5.41, 5.74) is 2.02. The molecule has 2 aliphatic rings. The molecule has 168 valence electrons. The van der Waals surface area contributed by atoms with E-state index in [1.807, 2.05) is 0 Å². The van der Waals surface area contributed by atoms with Gasteiger partial charge >= 0.3 is 10.1 Å². The van der Waals surface area contributed by atoms with Gasteiger partial charge in [0.1, 0.15) is 10.6 Å². The van der Waals surface area contributed by atoms with E-state index in [1.54, 1.807) is 18.2 Å². The van der Waals surface area contributed by atoms with Crippen LogP contribution in [0.1, 0.15) is 25.7 Å². The SMILES string of the molecule is O=C(Nc1nc2cc(OS(=O)(=O)c3ccc(N4CCC[C@H]4CO)cc3)ccc2[nH]1)C1CC1. The maximum atomic E-state index is 12.8. The van der Waals surface area contributed by atoms with Crippen LogP contribution in [-0.2, 0) is 14.9 Å². The van der Waals surface area contributed by atoms with Gasteiger partial charge in [0.15, 0.2) is 0 Å². The summed E-state index contributed by atoms with van der Waals surface area (Å²) >= 11 is 0. The van der Waals surface area contributed by atoms with E-state index in [9.17, 15) is 18.3 Å². The van der Waals surface area contributed by atoms with E-state index in [4.69, 9.17) is 4.18 Å². The second kappa shape index (κ2) is 8.10. The van der Waals surface area contributed by atoms with Crippen LogP contribution < -0.4 is 14.4 Å². The molecule has 1 amide bonds. The molecule has 5 rings (SSSR count). The third-order valence-electron chi connectivity index (χ3n) is 5.90. The Labute approximate surface area is 185 Å². The molecule has 0 spiro atoms. The van der Waals surface area contributed by atoms with Gasteiger partial charge in [0, 0.05) is 24.2 Å². The van der Waals surface area contributed by atoms with Gasteiger partial charge in [-0.05, 0) is 62.1 Å². The highest BCUT2D eigenvalue weighted by Gasteiger charge is 2.30. The van der Waals surface area contributed by atoms with E-state index in [0.29, 0.717) is 17.0 Å². The number of amides is 1. The summed E-state index contributed by atoms with van der Waals surface area (Å²) in [6.07, 6.45) is 3.70. The van der Waals surface area contributed by atoms with Crippen molar-refractivity contribution in [3.63, 3.8) is 0 Å². The third-order valence-corrected chi connectivity index (χ3v) is 7.16. The molecule has 3 aromatic rings. The Morgan fingerprint density at radius 3 is 2.69 bits per heavy atom. The average molecular weight is 457 g/mol. The van der Waals surface area contributed by atoms with Gasteiger partial charge in [-0.1, -0.05) is 0 Å². The Morgan fingerprint density at radius 1 is 1.19 bits per heavy atom. The second-order valence-corrected chi connectivity index (χ2v) is 9.78. The lowest BCUT2D eigenvalue weighted by atomic mass is 10.2. The molecule has 0 bridgehead atoms. The minimum Gasteiger partial charge on any atom is -0.394 e. The summed E-state index contributed by atoms with van der Waals surface area (Å²) in [5.74, 6) is 0.452. The lowest BCUT2D eigenvalue weighted by Gasteiger charge is -2.25. The number of aliphatic hydroxyl groups excluding tert-OH is 1. The van der Waals surface area contributed by atoms with Crippen molar-refractivity contribution in [1.82, 2.24) is 9.97 Å². The molecule has 32 heavy (non-hydrogen) atoms. The highest BCUT2D eigenvalue weighted by molar-refractivity contribution is 7.87. The molecule has 10 heteroatoms. The molecule has 1 saturated heterocycles. The van der Waals surface area contributed by atoms with Gasteiger partial charge in [-0.2, -0.15) is 8.42 Å². The zero-order valence-corrected chi connectivity index (χ0v) is 18.1. The fourth-order valence-electron chi connectivity index (χ4n) is 4.01. The number of aromatic nitrogens is 2. The number of aliphatic hydroxyl groups is 1. The Morgan fingerprint density at radius 2 is 1.97 bits per heavy atom. The molecule has 9 nitrogen and oxygen atoms in total. The van der Waals surface area contributed by atoms with E-state index in [1.165, 1.54) is 24.3 Å². The maximum absolute atomic E-state index is 12.8. The molecule has 1 atom stereocenters. The van der Waals surface area contributed by atoms with Crippen molar-refractivity contribution >= 4 is 38.7 Å². The van der Waals surface area contributed by atoms with Gasteiger partial charge in [-0.25, -0.2) is 4.98 Å². The normalized spacial score (nSPS) is 18.8. The number of H-pyrrole nitrogens is 1. The molecule has 1 aliphatic heterocycles. The van der Waals surface area contributed by atoms with E-state index < -0.39 is 10.1 Å². The van der Waals surface area contributed by atoms with Crippen molar-refractivity contribution in [1.29, 1.82) is 0 Å². The number of imidazole rings is 1. The van der Waals surface area contributed by atoms with Crippen molar-refractivity contribution in [2.45, 2.75) is 36.6 Å². The minimum atomic E-state index is -4.03. The minimum absolute atomic E-state index is 0.0421. The number of hydrogen-bond acceptors (Lipinski definition) is 7. The molecule has 2 heterocycles. The first kappa shape index (κ1) is 20.8. The number of aromatic amines is 1. The molecule has 1 aromatic heterocycles. The third kappa shape index (κ3) is 4.15. The number of benzene rings is 2. The Bertz CT molecular complexity index is 1250. The number of nitrogens with one attached hydrogen (secondary N) is 2. The highest BCUT2D eigenvalue weighted by Crippen LogP contribution is 2.31. The van der Waals surface area contributed by atoms with Crippen LogP contribution in [-0.4, -0.2) is 48.6 Å². The first-order chi connectivity index (χ1) is 15.4. The highest BCUT2D eigenvalue weighted by atomic mass is 32.2. The summed E-state index contributed by atoms with van der Waals surface area (Å²) in [6.45, 7) is 0.908. The van der Waals surface area contributed by atoms with Gasteiger partial charge in [0.25, 0.3) is 0 Å². The van der Waals surface area contributed by atoms with Gasteiger partial charge < -0.3 is 19.2 Å². The van der Waals surface area contributed by atoms with Crippen LogP contribution in [0.3, 0.4) is 0 Å². The standard InChI is InChI=1S/C22H24N4O5S/c27-13-16-2-1-11-26(16)15-5-8-18(9-6-15)32(29,30)31-17-7-10-19-20(12-17)24-22(23-19)25-21(28)14-3-4-14/h5-10,12,14,16,27H,1-4,11,13H2,(H2,23,24,25,28)/t16-/m0/s1. The summed E-state index contributed by atoms with van der Waals surface area (Å²) in [6, 6.07) is 11.3. The van der Waals surface area contributed by atoms with Crippen LogP contribution in [0.5, 0.6) is 5.75 Å². The number of carbonyl (C=O) groups excluding carboxylic acids is 1. The summed E-state index contributed by atoms with van der Waals surface area (Å²) in [4.78, 5) is 21.4. The largest absolute Gasteiger partial charge is 0.394 e. The quantitative estimate of drug-likeness (QED) is 0.467. The molecule has 2 fully saturated rings. The fraction of sp³-hybridized carbons (Fsp3) is 0.364. The van der Waals surface area contributed by atoms with Crippen LogP contribution in [0, 0.1) is 5.92 Å². The molecular formula is C22H24N4O5S. The lowest BCUT2D eigenvalue weighted by Crippen LogP contribution is -2.31. The van der Waals surface area contributed by atoms with Crippen LogP contribution in [0.25, 0.3) is 11.0 Å². The molecule has 0 unspecified atom stereocenters. The zero-order chi connectivity index (χ0) is 22.3. The van der Waals surface area contributed by atoms with Gasteiger partial charge in [-0.15, -0.1) is 0 Å². The van der Waals surface area contributed by atoms with Crippen LogP contribution in [0.15, 0.2) is 47.4 Å². The molecule has 1 saturated carbocycles. The van der Waals surface area contributed by atoms with Crippen molar-refractivity contribution in [3.05, 3.63) is 42.5 Å². The van der Waals surface area contributed by atoms with E-state index >= 15 is 0 Å². The monoisotopic (exact) mass is 456 g/mol. The molecule has 1 aliphatic carbocycles. The molecule has 0 radical (unpaired) electrons. The Kier molecular flexibility index (Phi) is 5.26. The van der Waals surface area contributed by atoms with Crippen molar-refractivity contribution in [2.75, 3.05) is 23.4 Å². The number of carbonyl (C=O) groups is 1. The van der Waals surface area contributed by atoms with E-state index in [2.05, 4.69) is 20.2 Å². The van der Waals surface area contributed by atoms with Crippen LogP contribution in [0.4, 0.5) is 11.6 Å². The number of fused-ring (bicyclic) bond motifs is 1. The lowest BCUT2D eigenvalue weighted by molar-refractivity contribution is -0.117. The van der Waals surface area contributed by atoms with Crippen LogP contribution in [0.2, 0.25) is 0 Å². The topological polar surface area (TPSA) is 125 Å². The van der Waals surface area contributed by atoms with Gasteiger partial charge in [-0.3, -0.25) is 10.1 Å². The second-order valence-electron chi connectivity index (χ2n) is 8.23. The van der Waals surface area contributed by atoms with E-state index in [-0.39, 0.29) is 35.1 Å². The number of rotatable bonds is 7. The summed E-state index contributed by atoms with van der Waals surface area (Å²) < 4.78 is 30.8. The fourth-order valence-corrected chi connectivity index (χ4v) is 4.93. The number of nitrogens with zero attached hydrogens (tertiary/aromatic N) is 2. The van der Waals surface area contributed by atoms with Gasteiger partial charge in [0.2, 0.25) is 11.9 Å². The Balaban J connectivity index is 1.31. The first-order valence-corrected chi connectivity index (χ1v) is 12.1. The van der Waals surface area contributed by atoms with Crippen molar-refractivity contribution in [2.24, 2.45) is 5.92 Å². The number of hydrogen-bond donors (Lipinski definition) is 3. The number of anilines is 2. The van der Waals surface area contributed by atoms with Crippen molar-refractivity contribution in [3.8, 4) is 5.75 Å². The molecule has 2 aromatic carbocycles. The average Bonchev–Trinajstić information content (AvgIpc) is 3.39. The van der Waals surface area contributed by atoms with Gasteiger partial charge in [0.05, 0.1) is 23.7 Å². The Hall–Kier alpha value is -3.11. The smallest absolute Gasteiger partial charge is 0.339 e. The molecule has 3 N–H and O–H groups in total.